The Morgan fingerprint density at radius 1 is 1.20 bits per heavy atom. The van der Waals surface area contributed by atoms with E-state index in [0.717, 1.165) is 19.4 Å². The molecule has 1 amide bonds. The topological polar surface area (TPSA) is 59.1 Å². The quantitative estimate of drug-likeness (QED) is 0.678. The van der Waals surface area contributed by atoms with Crippen molar-refractivity contribution in [2.75, 3.05) is 26.7 Å². The van der Waals surface area contributed by atoms with Crippen LogP contribution in [0.4, 0.5) is 4.79 Å². The van der Waals surface area contributed by atoms with Crippen LogP contribution in [0.15, 0.2) is 0 Å². The van der Waals surface area contributed by atoms with Crippen LogP contribution in [0.25, 0.3) is 0 Å². The van der Waals surface area contributed by atoms with E-state index in [4.69, 9.17) is 9.47 Å². The summed E-state index contributed by atoms with van der Waals surface area (Å²) in [5.41, 5.74) is -0.565. The van der Waals surface area contributed by atoms with Crippen LogP contribution in [0.3, 0.4) is 0 Å². The Labute approximate surface area is 120 Å². The van der Waals surface area contributed by atoms with E-state index in [1.165, 1.54) is 12.0 Å². The first kappa shape index (κ1) is 15.1. The summed E-state index contributed by atoms with van der Waals surface area (Å²) in [6.45, 7) is 7.53. The van der Waals surface area contributed by atoms with Gasteiger partial charge in [0, 0.05) is 19.1 Å². The van der Waals surface area contributed by atoms with Crippen molar-refractivity contribution >= 4 is 12.1 Å². The third-order valence-electron chi connectivity index (χ3n) is 3.79. The maximum atomic E-state index is 12.3. The second-order valence-electron chi connectivity index (χ2n) is 6.46. The van der Waals surface area contributed by atoms with E-state index in [2.05, 4.69) is 4.90 Å². The lowest BCUT2D eigenvalue weighted by atomic mass is 10.1. The molecule has 0 aromatic rings. The first-order valence-corrected chi connectivity index (χ1v) is 7.13. The Morgan fingerprint density at radius 3 is 2.50 bits per heavy atom. The van der Waals surface area contributed by atoms with Gasteiger partial charge in [0.15, 0.2) is 0 Å². The van der Waals surface area contributed by atoms with Crippen molar-refractivity contribution in [1.82, 2.24) is 9.80 Å². The molecule has 0 aliphatic carbocycles. The van der Waals surface area contributed by atoms with Crippen LogP contribution in [-0.4, -0.2) is 66.3 Å². The van der Waals surface area contributed by atoms with Crippen molar-refractivity contribution in [1.29, 1.82) is 0 Å². The zero-order valence-corrected chi connectivity index (χ0v) is 12.7. The normalized spacial score (nSPS) is 27.1. The fraction of sp³-hybridized carbons (Fsp3) is 0.857. The number of methoxy groups -OCH3 is 1. The minimum atomic E-state index is -0.566. The number of hydrogen-bond donors (Lipinski definition) is 0. The Balaban J connectivity index is 2.13. The second-order valence-corrected chi connectivity index (χ2v) is 6.46. The fourth-order valence-corrected chi connectivity index (χ4v) is 2.88. The molecular weight excluding hydrogens is 260 g/mol. The number of esters is 1. The molecule has 2 fully saturated rings. The van der Waals surface area contributed by atoms with Gasteiger partial charge in [-0.25, -0.2) is 9.59 Å². The van der Waals surface area contributed by atoms with Gasteiger partial charge in [-0.05, 0) is 40.2 Å². The summed E-state index contributed by atoms with van der Waals surface area (Å²) in [7, 11) is 1.35. The molecule has 2 aliphatic rings. The van der Waals surface area contributed by atoms with Crippen molar-refractivity contribution in [3.05, 3.63) is 0 Å². The van der Waals surface area contributed by atoms with Crippen molar-refractivity contribution in [3.63, 3.8) is 0 Å². The summed E-state index contributed by atoms with van der Waals surface area (Å²) in [4.78, 5) is 28.0. The predicted octanol–water partition coefficient (Wildman–Crippen LogP) is 1.24. The highest BCUT2D eigenvalue weighted by Gasteiger charge is 2.43. The van der Waals surface area contributed by atoms with E-state index in [1.54, 1.807) is 0 Å². The van der Waals surface area contributed by atoms with Crippen LogP contribution in [0.5, 0.6) is 0 Å². The van der Waals surface area contributed by atoms with E-state index < -0.39 is 17.7 Å². The zero-order chi connectivity index (χ0) is 14.9. The maximum absolute atomic E-state index is 12.3. The van der Waals surface area contributed by atoms with E-state index in [0.29, 0.717) is 19.1 Å². The van der Waals surface area contributed by atoms with Gasteiger partial charge in [0.2, 0.25) is 0 Å². The van der Waals surface area contributed by atoms with Gasteiger partial charge >= 0.3 is 12.1 Å². The zero-order valence-electron chi connectivity index (χ0n) is 12.7. The maximum Gasteiger partial charge on any atom is 0.411 e. The van der Waals surface area contributed by atoms with Crippen molar-refractivity contribution in [3.8, 4) is 0 Å². The lowest BCUT2D eigenvalue weighted by Crippen LogP contribution is -2.61. The molecule has 2 saturated heterocycles. The van der Waals surface area contributed by atoms with Gasteiger partial charge in [-0.15, -0.1) is 0 Å². The highest BCUT2D eigenvalue weighted by Crippen LogP contribution is 2.26. The molecule has 0 N–H and O–H groups in total. The Morgan fingerprint density at radius 2 is 1.90 bits per heavy atom. The monoisotopic (exact) mass is 284 g/mol. The molecule has 0 saturated carbocycles. The minimum absolute atomic E-state index is 0.337. The molecule has 0 unspecified atom stereocenters. The molecule has 6 nitrogen and oxygen atoms in total. The average Bonchev–Trinajstić information content (AvgIpc) is 2.81. The number of ether oxygens (including phenoxy) is 2. The van der Waals surface area contributed by atoms with Crippen LogP contribution in [0.1, 0.15) is 33.6 Å². The molecule has 0 bridgehead atoms. The number of piperazine rings is 1. The van der Waals surface area contributed by atoms with Gasteiger partial charge < -0.3 is 9.47 Å². The Kier molecular flexibility index (Phi) is 4.22. The molecule has 0 spiro atoms. The van der Waals surface area contributed by atoms with E-state index in [1.807, 2.05) is 20.8 Å². The summed E-state index contributed by atoms with van der Waals surface area (Å²) in [6, 6.07) is -0.229. The second kappa shape index (κ2) is 5.60. The first-order valence-electron chi connectivity index (χ1n) is 7.13. The fourth-order valence-electron chi connectivity index (χ4n) is 2.88. The van der Waals surface area contributed by atoms with E-state index in [9.17, 15) is 9.59 Å². The number of carbonyl (C=O) groups is 2. The van der Waals surface area contributed by atoms with Crippen molar-refractivity contribution in [2.24, 2.45) is 0 Å². The molecule has 0 aromatic carbocycles. The van der Waals surface area contributed by atoms with Crippen molar-refractivity contribution < 1.29 is 19.1 Å². The highest BCUT2D eigenvalue weighted by molar-refractivity contribution is 5.82. The molecule has 2 aliphatic heterocycles. The van der Waals surface area contributed by atoms with Crippen LogP contribution in [0, 0.1) is 0 Å². The summed E-state index contributed by atoms with van der Waals surface area (Å²) in [5, 5.41) is 0. The lowest BCUT2D eigenvalue weighted by Gasteiger charge is -2.42. The number of amides is 1. The van der Waals surface area contributed by atoms with Gasteiger partial charge in [0.1, 0.15) is 11.6 Å². The number of rotatable bonds is 1. The molecule has 0 radical (unpaired) electrons. The molecule has 2 rings (SSSR count). The van der Waals surface area contributed by atoms with Gasteiger partial charge in [0.25, 0.3) is 0 Å². The summed E-state index contributed by atoms with van der Waals surface area (Å²) in [5.74, 6) is -0.374. The minimum Gasteiger partial charge on any atom is -0.467 e. The Bertz CT molecular complexity index is 391. The molecule has 6 heteroatoms. The standard InChI is InChI=1S/C14H24N2O4/c1-14(2,3)20-13(18)16-8-10-6-5-7-15(10)9-11(16)12(17)19-4/h10-11H,5-9H2,1-4H3/t10-,11+/m1/s1. The summed E-state index contributed by atoms with van der Waals surface area (Å²) >= 11 is 0. The molecule has 114 valence electrons. The van der Waals surface area contributed by atoms with E-state index in [-0.39, 0.29) is 5.97 Å². The largest absolute Gasteiger partial charge is 0.467 e. The van der Waals surface area contributed by atoms with Gasteiger partial charge in [0.05, 0.1) is 7.11 Å². The SMILES string of the molecule is COC(=O)[C@@H]1CN2CCC[C@@H]2CN1C(=O)OC(C)(C)C. The molecule has 20 heavy (non-hydrogen) atoms. The van der Waals surface area contributed by atoms with Gasteiger partial charge in [-0.1, -0.05) is 0 Å². The number of carbonyl (C=O) groups excluding carboxylic acids is 2. The third-order valence-corrected chi connectivity index (χ3v) is 3.79. The summed E-state index contributed by atoms with van der Waals surface area (Å²) < 4.78 is 10.2. The molecule has 2 heterocycles. The first-order chi connectivity index (χ1) is 9.31. The number of nitrogens with zero attached hydrogens (tertiary/aromatic N) is 2. The smallest absolute Gasteiger partial charge is 0.411 e. The van der Waals surface area contributed by atoms with E-state index >= 15 is 0 Å². The number of hydrogen-bond acceptors (Lipinski definition) is 5. The molecule has 2 atom stereocenters. The van der Waals surface area contributed by atoms with Crippen LogP contribution in [-0.2, 0) is 14.3 Å². The number of fused-ring (bicyclic) bond motifs is 1. The molecule has 0 aromatic heterocycles. The van der Waals surface area contributed by atoms with Crippen LogP contribution in [0.2, 0.25) is 0 Å². The lowest BCUT2D eigenvalue weighted by molar-refractivity contribution is -0.149. The van der Waals surface area contributed by atoms with Gasteiger partial charge in [-0.3, -0.25) is 9.80 Å². The molecular formula is C14H24N2O4. The van der Waals surface area contributed by atoms with Crippen LogP contribution < -0.4 is 0 Å². The summed E-state index contributed by atoms with van der Waals surface area (Å²) in [6.07, 6.45) is 1.74. The average molecular weight is 284 g/mol. The van der Waals surface area contributed by atoms with Crippen LogP contribution >= 0.6 is 0 Å². The predicted molar refractivity (Wildman–Crippen MR) is 73.3 cm³/mol. The highest BCUT2D eigenvalue weighted by atomic mass is 16.6. The van der Waals surface area contributed by atoms with Crippen molar-refractivity contribution in [2.45, 2.75) is 51.3 Å². The Hall–Kier alpha value is -1.30. The third kappa shape index (κ3) is 3.23. The van der Waals surface area contributed by atoms with Gasteiger partial charge in [-0.2, -0.15) is 0 Å².